The molecule has 1 aliphatic rings. The van der Waals surface area contributed by atoms with E-state index in [9.17, 15) is 18.0 Å². The molecule has 122 valence electrons. The summed E-state index contributed by atoms with van der Waals surface area (Å²) in [4.78, 5) is 14.0. The van der Waals surface area contributed by atoms with Gasteiger partial charge in [-0.25, -0.2) is 0 Å². The standard InChI is InChI=1S/C16H21F3N2O/c1-11(20)13-6-4-8-21(10-13)15(22)9-12-5-2-3-7-14(12)16(17,18)19/h2-3,5,7,11,13H,4,6,8-10,20H2,1H3. The molecule has 2 N–H and O–H groups in total. The second-order valence-electron chi connectivity index (χ2n) is 5.93. The molecule has 0 aliphatic carbocycles. The number of benzene rings is 1. The number of piperidine rings is 1. The SMILES string of the molecule is CC(N)C1CCCN(C(=O)Cc2ccccc2C(F)(F)F)C1. The molecule has 0 aromatic heterocycles. The van der Waals surface area contributed by atoms with Crippen LogP contribution in [0, 0.1) is 5.92 Å². The molecule has 1 saturated heterocycles. The molecule has 1 heterocycles. The van der Waals surface area contributed by atoms with E-state index in [0.29, 0.717) is 13.1 Å². The molecule has 1 aromatic carbocycles. The lowest BCUT2D eigenvalue weighted by Crippen LogP contribution is -2.45. The maximum Gasteiger partial charge on any atom is 0.416 e. The first-order valence-corrected chi connectivity index (χ1v) is 7.47. The van der Waals surface area contributed by atoms with Crippen LogP contribution in [0.2, 0.25) is 0 Å². The average Bonchev–Trinajstić information content (AvgIpc) is 2.46. The molecule has 1 aliphatic heterocycles. The molecule has 22 heavy (non-hydrogen) atoms. The van der Waals surface area contributed by atoms with Gasteiger partial charge in [-0.2, -0.15) is 13.2 Å². The Bertz CT molecular complexity index is 528. The zero-order valence-corrected chi connectivity index (χ0v) is 12.6. The monoisotopic (exact) mass is 314 g/mol. The number of hydrogen-bond acceptors (Lipinski definition) is 2. The van der Waals surface area contributed by atoms with Gasteiger partial charge in [-0.15, -0.1) is 0 Å². The largest absolute Gasteiger partial charge is 0.416 e. The number of hydrogen-bond donors (Lipinski definition) is 1. The first kappa shape index (κ1) is 16.8. The molecule has 1 fully saturated rings. The van der Waals surface area contributed by atoms with Gasteiger partial charge in [-0.05, 0) is 37.3 Å². The number of rotatable bonds is 3. The fourth-order valence-electron chi connectivity index (χ4n) is 2.89. The number of carbonyl (C=O) groups is 1. The average molecular weight is 314 g/mol. The molecular weight excluding hydrogens is 293 g/mol. The van der Waals surface area contributed by atoms with Gasteiger partial charge in [0, 0.05) is 19.1 Å². The van der Waals surface area contributed by atoms with Crippen molar-refractivity contribution >= 4 is 5.91 Å². The third kappa shape index (κ3) is 4.00. The van der Waals surface area contributed by atoms with Crippen LogP contribution >= 0.6 is 0 Å². The Labute approximate surface area is 128 Å². The third-order valence-electron chi connectivity index (χ3n) is 4.22. The van der Waals surface area contributed by atoms with Gasteiger partial charge in [0.2, 0.25) is 5.91 Å². The second kappa shape index (κ2) is 6.69. The fraction of sp³-hybridized carbons (Fsp3) is 0.562. The molecule has 0 saturated carbocycles. The summed E-state index contributed by atoms with van der Waals surface area (Å²) in [5.74, 6) is -0.0439. The molecule has 3 nitrogen and oxygen atoms in total. The molecular formula is C16H21F3N2O. The van der Waals surface area contributed by atoms with E-state index in [1.165, 1.54) is 18.2 Å². The molecule has 1 aromatic rings. The highest BCUT2D eigenvalue weighted by Crippen LogP contribution is 2.32. The summed E-state index contributed by atoms with van der Waals surface area (Å²) in [6.07, 6.45) is -2.85. The normalized spacial score (nSPS) is 20.8. The van der Waals surface area contributed by atoms with E-state index in [1.54, 1.807) is 4.90 Å². The van der Waals surface area contributed by atoms with E-state index in [1.807, 2.05) is 6.92 Å². The maximum atomic E-state index is 13.0. The van der Waals surface area contributed by atoms with E-state index in [2.05, 4.69) is 0 Å². The Balaban J connectivity index is 2.09. The van der Waals surface area contributed by atoms with Crippen LogP contribution in [0.15, 0.2) is 24.3 Å². The number of nitrogens with zero attached hydrogens (tertiary/aromatic N) is 1. The van der Waals surface area contributed by atoms with Gasteiger partial charge in [0.15, 0.2) is 0 Å². The highest BCUT2D eigenvalue weighted by Gasteiger charge is 2.34. The number of carbonyl (C=O) groups excluding carboxylic acids is 1. The lowest BCUT2D eigenvalue weighted by molar-refractivity contribution is -0.139. The van der Waals surface area contributed by atoms with E-state index in [-0.39, 0.29) is 29.9 Å². The number of nitrogens with two attached hydrogens (primary N) is 1. The van der Waals surface area contributed by atoms with Crippen LogP contribution in [0.25, 0.3) is 0 Å². The van der Waals surface area contributed by atoms with Crippen LogP contribution in [0.1, 0.15) is 30.9 Å². The zero-order valence-electron chi connectivity index (χ0n) is 12.6. The Hall–Kier alpha value is -1.56. The summed E-state index contributed by atoms with van der Waals surface area (Å²) in [6.45, 7) is 3.03. The number of alkyl halides is 3. The van der Waals surface area contributed by atoms with Crippen molar-refractivity contribution in [2.45, 2.75) is 38.4 Å². The van der Waals surface area contributed by atoms with Crippen molar-refractivity contribution < 1.29 is 18.0 Å². The summed E-state index contributed by atoms with van der Waals surface area (Å²) >= 11 is 0. The van der Waals surface area contributed by atoms with Crippen molar-refractivity contribution in [3.63, 3.8) is 0 Å². The minimum atomic E-state index is -4.44. The predicted molar refractivity (Wildman–Crippen MR) is 78.1 cm³/mol. The quantitative estimate of drug-likeness (QED) is 0.932. The van der Waals surface area contributed by atoms with E-state index in [4.69, 9.17) is 5.73 Å². The van der Waals surface area contributed by atoms with Gasteiger partial charge in [0.25, 0.3) is 0 Å². The Kier molecular flexibility index (Phi) is 5.11. The van der Waals surface area contributed by atoms with Gasteiger partial charge < -0.3 is 10.6 Å². The zero-order chi connectivity index (χ0) is 16.3. The molecule has 2 atom stereocenters. The van der Waals surface area contributed by atoms with Crippen LogP contribution < -0.4 is 5.73 Å². The fourth-order valence-corrected chi connectivity index (χ4v) is 2.89. The molecule has 0 spiro atoms. The summed E-state index contributed by atoms with van der Waals surface area (Å²) in [5, 5.41) is 0. The molecule has 2 rings (SSSR count). The Morgan fingerprint density at radius 2 is 2.09 bits per heavy atom. The van der Waals surface area contributed by atoms with Crippen LogP contribution in [0.5, 0.6) is 0 Å². The van der Waals surface area contributed by atoms with Crippen molar-refractivity contribution in [2.75, 3.05) is 13.1 Å². The lowest BCUT2D eigenvalue weighted by Gasteiger charge is -2.34. The van der Waals surface area contributed by atoms with E-state index in [0.717, 1.165) is 18.9 Å². The van der Waals surface area contributed by atoms with Gasteiger partial charge in [-0.1, -0.05) is 18.2 Å². The first-order valence-electron chi connectivity index (χ1n) is 7.47. The van der Waals surface area contributed by atoms with Crippen LogP contribution in [-0.4, -0.2) is 29.9 Å². The van der Waals surface area contributed by atoms with Crippen molar-refractivity contribution in [1.29, 1.82) is 0 Å². The lowest BCUT2D eigenvalue weighted by atomic mass is 9.91. The summed E-state index contributed by atoms with van der Waals surface area (Å²) in [6, 6.07) is 5.23. The highest BCUT2D eigenvalue weighted by atomic mass is 19.4. The number of likely N-dealkylation sites (tertiary alicyclic amines) is 1. The van der Waals surface area contributed by atoms with Gasteiger partial charge >= 0.3 is 6.18 Å². The van der Waals surface area contributed by atoms with Crippen molar-refractivity contribution in [3.05, 3.63) is 35.4 Å². The third-order valence-corrected chi connectivity index (χ3v) is 4.22. The molecule has 0 bridgehead atoms. The molecule has 2 unspecified atom stereocenters. The molecule has 6 heteroatoms. The Morgan fingerprint density at radius 3 is 2.73 bits per heavy atom. The van der Waals surface area contributed by atoms with Crippen LogP contribution in [-0.2, 0) is 17.4 Å². The number of halogens is 3. The topological polar surface area (TPSA) is 46.3 Å². The van der Waals surface area contributed by atoms with E-state index < -0.39 is 11.7 Å². The second-order valence-corrected chi connectivity index (χ2v) is 5.93. The smallest absolute Gasteiger partial charge is 0.342 e. The predicted octanol–water partition coefficient (Wildman–Crippen LogP) is 2.83. The van der Waals surface area contributed by atoms with Gasteiger partial charge in [-0.3, -0.25) is 4.79 Å². The Morgan fingerprint density at radius 1 is 1.41 bits per heavy atom. The highest BCUT2D eigenvalue weighted by molar-refractivity contribution is 5.79. The minimum Gasteiger partial charge on any atom is -0.342 e. The van der Waals surface area contributed by atoms with Crippen molar-refractivity contribution in [1.82, 2.24) is 4.90 Å². The van der Waals surface area contributed by atoms with E-state index >= 15 is 0 Å². The maximum absolute atomic E-state index is 13.0. The van der Waals surface area contributed by atoms with Crippen LogP contribution in [0.4, 0.5) is 13.2 Å². The molecule has 1 amide bonds. The summed E-state index contributed by atoms with van der Waals surface area (Å²) in [7, 11) is 0. The minimum absolute atomic E-state index is 0.0157. The van der Waals surface area contributed by atoms with Crippen molar-refractivity contribution in [3.8, 4) is 0 Å². The van der Waals surface area contributed by atoms with Crippen molar-refractivity contribution in [2.24, 2.45) is 11.7 Å². The number of amides is 1. The van der Waals surface area contributed by atoms with Gasteiger partial charge in [0.1, 0.15) is 0 Å². The van der Waals surface area contributed by atoms with Crippen LogP contribution in [0.3, 0.4) is 0 Å². The molecule has 0 radical (unpaired) electrons. The van der Waals surface area contributed by atoms with Gasteiger partial charge in [0.05, 0.1) is 12.0 Å². The summed E-state index contributed by atoms with van der Waals surface area (Å²) < 4.78 is 38.9. The first-order chi connectivity index (χ1) is 10.3. The summed E-state index contributed by atoms with van der Waals surface area (Å²) in [5.41, 5.74) is 5.17.